The first-order valence-corrected chi connectivity index (χ1v) is 15.5. The Morgan fingerprint density at radius 2 is 1.86 bits per heavy atom. The van der Waals surface area contributed by atoms with Crippen LogP contribution in [0.3, 0.4) is 0 Å². The largest absolute Gasteiger partial charge is 0.363 e. The lowest BCUT2D eigenvalue weighted by Crippen LogP contribution is -2.47. The predicted octanol–water partition coefficient (Wildman–Crippen LogP) is 7.65. The molecule has 1 unspecified atom stereocenters. The van der Waals surface area contributed by atoms with Crippen molar-refractivity contribution in [2.75, 3.05) is 43.4 Å². The smallest absolute Gasteiger partial charge is 0.273 e. The van der Waals surface area contributed by atoms with Crippen molar-refractivity contribution >= 4 is 17.7 Å². The summed E-state index contributed by atoms with van der Waals surface area (Å²) in [5.74, 6) is -0.473. The van der Waals surface area contributed by atoms with Gasteiger partial charge in [0.25, 0.3) is 5.92 Å². The van der Waals surface area contributed by atoms with Crippen LogP contribution in [0.15, 0.2) is 42.5 Å². The van der Waals surface area contributed by atoms with Crippen LogP contribution in [0, 0.1) is 29.6 Å². The summed E-state index contributed by atoms with van der Waals surface area (Å²) in [7, 11) is 2.05. The third kappa shape index (κ3) is 6.67. The van der Waals surface area contributed by atoms with Gasteiger partial charge >= 0.3 is 0 Å². The van der Waals surface area contributed by atoms with Crippen molar-refractivity contribution in [3.63, 3.8) is 0 Å². The van der Waals surface area contributed by atoms with Crippen molar-refractivity contribution in [3.8, 4) is 6.07 Å². The molecule has 0 amide bonds. The molecule has 4 aliphatic rings. The minimum Gasteiger partial charge on any atom is -0.363 e. The summed E-state index contributed by atoms with van der Waals surface area (Å²) in [5, 5.41) is 13.4. The van der Waals surface area contributed by atoms with Gasteiger partial charge in [0.15, 0.2) is 0 Å². The number of hydrogen-bond acceptors (Lipinski definition) is 6. The monoisotopic (exact) mass is 574 g/mol. The number of allylic oxidation sites excluding steroid dienone is 2. The minimum absolute atomic E-state index is 0.0637. The van der Waals surface area contributed by atoms with E-state index in [1.54, 1.807) is 24.3 Å². The summed E-state index contributed by atoms with van der Waals surface area (Å²) < 4.78 is 30.8. The second kappa shape index (κ2) is 12.5. The number of nitrogens with one attached hydrogen (secondary N) is 1. The lowest BCUT2D eigenvalue weighted by Gasteiger charge is -2.40. The van der Waals surface area contributed by atoms with Crippen LogP contribution in [0.1, 0.15) is 86.8 Å². The number of rotatable bonds is 3. The molecular weight excluding hydrogens is 530 g/mol. The molecule has 1 N–H and O–H groups in total. The molecule has 3 aliphatic heterocycles. The Morgan fingerprint density at radius 1 is 1.12 bits per heavy atom. The molecule has 1 saturated heterocycles. The number of fused-ring (bicyclic) bond motifs is 9. The SMILES string of the molecule is C=CC(=Cc1c2nc(C)nc1N(C)CCCCCCN1CC(CCC(F)(F)c3cccc(c3)C(C)N2)C1)C1(C#N)CC1. The number of aromatic nitrogens is 2. The first-order chi connectivity index (χ1) is 20.1. The maximum Gasteiger partial charge on any atom is 0.273 e. The zero-order valence-corrected chi connectivity index (χ0v) is 25.3. The minimum atomic E-state index is -2.88. The Hall–Kier alpha value is -3.31. The van der Waals surface area contributed by atoms with Gasteiger partial charge in [-0.1, -0.05) is 43.7 Å². The molecule has 6 bridgehead atoms. The van der Waals surface area contributed by atoms with E-state index in [0.717, 1.165) is 87.2 Å². The Kier molecular flexibility index (Phi) is 8.98. The van der Waals surface area contributed by atoms with E-state index in [2.05, 4.69) is 34.8 Å². The van der Waals surface area contributed by atoms with Gasteiger partial charge in [-0.25, -0.2) is 18.7 Å². The summed E-state index contributed by atoms with van der Waals surface area (Å²) in [6.07, 6.45) is 10.2. The zero-order chi connectivity index (χ0) is 29.9. The van der Waals surface area contributed by atoms with Gasteiger partial charge in [0.05, 0.1) is 17.0 Å². The molecule has 0 spiro atoms. The number of alkyl halides is 2. The maximum absolute atomic E-state index is 15.4. The zero-order valence-electron chi connectivity index (χ0n) is 25.3. The van der Waals surface area contributed by atoms with Crippen molar-refractivity contribution < 1.29 is 8.78 Å². The molecule has 42 heavy (non-hydrogen) atoms. The Labute approximate surface area is 249 Å². The molecule has 1 aromatic carbocycles. The second-order valence-electron chi connectivity index (χ2n) is 12.6. The highest BCUT2D eigenvalue weighted by Gasteiger charge is 2.45. The van der Waals surface area contributed by atoms with Gasteiger partial charge in [0.2, 0.25) is 0 Å². The molecule has 4 heterocycles. The van der Waals surface area contributed by atoms with Gasteiger partial charge in [0, 0.05) is 44.7 Å². The van der Waals surface area contributed by atoms with E-state index < -0.39 is 11.3 Å². The average Bonchev–Trinajstić information content (AvgIpc) is 3.75. The lowest BCUT2D eigenvalue weighted by molar-refractivity contribution is -0.0291. The van der Waals surface area contributed by atoms with Crippen molar-refractivity contribution in [2.24, 2.45) is 11.3 Å². The van der Waals surface area contributed by atoms with Crippen molar-refractivity contribution in [3.05, 3.63) is 65.0 Å². The molecule has 1 aliphatic carbocycles. The molecule has 1 aromatic heterocycles. The molecular formula is C34H44F2N6. The predicted molar refractivity (Wildman–Crippen MR) is 165 cm³/mol. The highest BCUT2D eigenvalue weighted by Crippen LogP contribution is 2.52. The first kappa shape index (κ1) is 30.2. The normalized spacial score (nSPS) is 26.0. The van der Waals surface area contributed by atoms with Crippen molar-refractivity contribution in [1.82, 2.24) is 14.9 Å². The van der Waals surface area contributed by atoms with Gasteiger partial charge in [0.1, 0.15) is 17.5 Å². The Morgan fingerprint density at radius 3 is 2.55 bits per heavy atom. The van der Waals surface area contributed by atoms with Gasteiger partial charge in [-0.2, -0.15) is 5.26 Å². The molecule has 8 heteroatoms. The molecule has 6 nitrogen and oxygen atoms in total. The fourth-order valence-corrected chi connectivity index (χ4v) is 6.28. The molecule has 0 radical (unpaired) electrons. The van der Waals surface area contributed by atoms with Crippen LogP contribution in [0.25, 0.3) is 6.08 Å². The van der Waals surface area contributed by atoms with Gasteiger partial charge in [-0.05, 0) is 81.7 Å². The number of benzene rings is 1. The molecule has 1 atom stereocenters. The van der Waals surface area contributed by atoms with E-state index in [0.29, 0.717) is 24.0 Å². The van der Waals surface area contributed by atoms with Crippen LogP contribution in [0.2, 0.25) is 0 Å². The fraction of sp³-hybridized carbons (Fsp3) is 0.559. The summed E-state index contributed by atoms with van der Waals surface area (Å²) in [6, 6.07) is 8.98. The molecule has 224 valence electrons. The van der Waals surface area contributed by atoms with Crippen molar-refractivity contribution in [1.29, 1.82) is 5.26 Å². The van der Waals surface area contributed by atoms with E-state index in [4.69, 9.17) is 9.97 Å². The van der Waals surface area contributed by atoms with Gasteiger partial charge in [-0.15, -0.1) is 0 Å². The molecule has 1 saturated carbocycles. The standard InChI is InChI=1S/C34H44F2N6/c1-5-28(33(23-37)15-16-33)20-30-31-38-24(2)27-11-10-12-29(19-27)34(35,36)14-13-26-21-42(22-26)18-9-7-6-8-17-41(4)32(30)40-25(3)39-31/h5,10-12,19-20,24,26H,1,6-9,13-18,21-22H2,2-4H3,(H,38,39,40). The highest BCUT2D eigenvalue weighted by molar-refractivity contribution is 5.77. The van der Waals surface area contributed by atoms with E-state index in [1.165, 1.54) is 0 Å². The van der Waals surface area contributed by atoms with Crippen LogP contribution in [0.4, 0.5) is 20.4 Å². The highest BCUT2D eigenvalue weighted by atomic mass is 19.3. The van der Waals surface area contributed by atoms with Gasteiger partial charge < -0.3 is 15.1 Å². The number of aryl methyl sites for hydroxylation is 1. The third-order valence-corrected chi connectivity index (χ3v) is 9.21. The van der Waals surface area contributed by atoms with Crippen molar-refractivity contribution in [2.45, 2.75) is 77.2 Å². The lowest BCUT2D eigenvalue weighted by atomic mass is 9.90. The van der Waals surface area contributed by atoms with Gasteiger partial charge in [-0.3, -0.25) is 0 Å². The number of halogens is 2. The van der Waals surface area contributed by atoms with E-state index >= 15 is 8.78 Å². The van der Waals surface area contributed by atoms with Crippen LogP contribution in [-0.4, -0.2) is 48.1 Å². The Balaban J connectivity index is 1.52. The quantitative estimate of drug-likeness (QED) is 0.380. The van der Waals surface area contributed by atoms with E-state index in [1.807, 2.05) is 26.0 Å². The summed E-state index contributed by atoms with van der Waals surface area (Å²) >= 11 is 0. The van der Waals surface area contributed by atoms with E-state index in [9.17, 15) is 5.26 Å². The topological polar surface area (TPSA) is 68.1 Å². The van der Waals surface area contributed by atoms with Crippen LogP contribution >= 0.6 is 0 Å². The number of nitriles is 1. The molecule has 2 aromatic rings. The van der Waals surface area contributed by atoms with Crippen LogP contribution in [0.5, 0.6) is 0 Å². The number of hydrogen-bond donors (Lipinski definition) is 1. The summed E-state index contributed by atoms with van der Waals surface area (Å²) in [5.41, 5.74) is 1.98. The number of nitrogens with zero attached hydrogens (tertiary/aromatic N) is 5. The Bertz CT molecular complexity index is 1350. The summed E-state index contributed by atoms with van der Waals surface area (Å²) in [4.78, 5) is 14.2. The number of anilines is 2. The second-order valence-corrected chi connectivity index (χ2v) is 12.6. The average molecular weight is 575 g/mol. The molecule has 2 fully saturated rings. The first-order valence-electron chi connectivity index (χ1n) is 15.5. The van der Waals surface area contributed by atoms with Crippen LogP contribution in [-0.2, 0) is 5.92 Å². The maximum atomic E-state index is 15.4. The summed E-state index contributed by atoms with van der Waals surface area (Å²) in [6.45, 7) is 11.6. The van der Waals surface area contributed by atoms with Crippen LogP contribution < -0.4 is 10.2 Å². The third-order valence-electron chi connectivity index (χ3n) is 9.21. The molecule has 6 rings (SSSR count). The fourth-order valence-electron chi connectivity index (χ4n) is 6.28. The van der Waals surface area contributed by atoms with E-state index in [-0.39, 0.29) is 18.0 Å².